The highest BCUT2D eigenvalue weighted by atomic mass is 35.5. The summed E-state index contributed by atoms with van der Waals surface area (Å²) in [4.78, 5) is -0.0938. The molecular weight excluding hydrogens is 250 g/mol. The summed E-state index contributed by atoms with van der Waals surface area (Å²) < 4.78 is 22.4. The van der Waals surface area contributed by atoms with Gasteiger partial charge in [0.15, 0.2) is 0 Å². The molecule has 0 aliphatic rings. The first-order chi connectivity index (χ1) is 7.16. The van der Waals surface area contributed by atoms with Crippen LogP contribution in [0.1, 0.15) is 25.8 Å². The lowest BCUT2D eigenvalue weighted by atomic mass is 9.93. The molecule has 0 saturated carbocycles. The van der Waals surface area contributed by atoms with Gasteiger partial charge in [-0.1, -0.05) is 18.5 Å². The van der Waals surface area contributed by atoms with Gasteiger partial charge in [-0.25, -0.2) is 13.6 Å². The summed E-state index contributed by atoms with van der Waals surface area (Å²) in [5.74, 6) is 0. The number of primary sulfonamides is 1. The third-order valence-corrected chi connectivity index (χ3v) is 3.62. The van der Waals surface area contributed by atoms with E-state index >= 15 is 0 Å². The van der Waals surface area contributed by atoms with Crippen molar-refractivity contribution < 1.29 is 13.5 Å². The summed E-state index contributed by atoms with van der Waals surface area (Å²) in [5, 5.41) is 15.3. The molecule has 0 saturated heterocycles. The molecule has 1 aromatic carbocycles. The van der Waals surface area contributed by atoms with Crippen molar-refractivity contribution in [3.8, 4) is 0 Å². The maximum Gasteiger partial charge on any atom is 0.238 e. The Morgan fingerprint density at radius 2 is 2.00 bits per heavy atom. The molecule has 0 amide bonds. The number of aliphatic hydroxyl groups is 1. The maximum absolute atomic E-state index is 11.2. The Bertz CT molecular complexity index is 497. The molecule has 0 spiro atoms. The molecule has 0 aliphatic carbocycles. The molecule has 0 radical (unpaired) electrons. The summed E-state index contributed by atoms with van der Waals surface area (Å²) in [7, 11) is -3.81. The average molecular weight is 264 g/mol. The van der Waals surface area contributed by atoms with Crippen molar-refractivity contribution in [1.29, 1.82) is 0 Å². The number of nitrogens with two attached hydrogens (primary N) is 1. The second-order valence-electron chi connectivity index (χ2n) is 3.85. The van der Waals surface area contributed by atoms with Gasteiger partial charge in [-0.3, -0.25) is 0 Å². The van der Waals surface area contributed by atoms with Crippen LogP contribution in [0.3, 0.4) is 0 Å². The molecular formula is C10H14ClNO3S. The van der Waals surface area contributed by atoms with Gasteiger partial charge in [0, 0.05) is 5.02 Å². The first-order valence-electron chi connectivity index (χ1n) is 4.73. The summed E-state index contributed by atoms with van der Waals surface area (Å²) in [6, 6.07) is 4.12. The molecule has 90 valence electrons. The lowest BCUT2D eigenvalue weighted by molar-refractivity contribution is 0.0529. The van der Waals surface area contributed by atoms with E-state index in [1.807, 2.05) is 0 Å². The highest BCUT2D eigenvalue weighted by molar-refractivity contribution is 7.89. The predicted molar refractivity (Wildman–Crippen MR) is 62.7 cm³/mol. The number of rotatable bonds is 3. The Hall–Kier alpha value is -0.620. The molecule has 1 unspecified atom stereocenters. The highest BCUT2D eigenvalue weighted by Gasteiger charge is 2.23. The molecule has 1 rings (SSSR count). The van der Waals surface area contributed by atoms with Crippen molar-refractivity contribution in [2.24, 2.45) is 5.14 Å². The van der Waals surface area contributed by atoms with Gasteiger partial charge in [-0.15, -0.1) is 0 Å². The van der Waals surface area contributed by atoms with Crippen LogP contribution < -0.4 is 5.14 Å². The largest absolute Gasteiger partial charge is 0.385 e. The fourth-order valence-corrected chi connectivity index (χ4v) is 2.12. The minimum atomic E-state index is -3.81. The first-order valence-corrected chi connectivity index (χ1v) is 6.65. The van der Waals surface area contributed by atoms with Gasteiger partial charge in [0.1, 0.15) is 0 Å². The standard InChI is InChI=1S/C10H14ClNO3S/c1-3-10(2,13)7-4-8(11)6-9(5-7)16(12,14)15/h4-6,13H,3H2,1-2H3,(H2,12,14,15). The summed E-state index contributed by atoms with van der Waals surface area (Å²) >= 11 is 5.79. The van der Waals surface area contributed by atoms with Crippen LogP contribution in [0, 0.1) is 0 Å². The van der Waals surface area contributed by atoms with Crippen LogP contribution in [0.4, 0.5) is 0 Å². The van der Waals surface area contributed by atoms with Crippen molar-refractivity contribution in [3.63, 3.8) is 0 Å². The zero-order valence-corrected chi connectivity index (χ0v) is 10.6. The number of hydrogen-bond acceptors (Lipinski definition) is 3. The number of sulfonamides is 1. The monoisotopic (exact) mass is 263 g/mol. The Balaban J connectivity index is 3.41. The third kappa shape index (κ3) is 2.95. The van der Waals surface area contributed by atoms with E-state index in [4.69, 9.17) is 16.7 Å². The SMILES string of the molecule is CCC(C)(O)c1cc(Cl)cc(S(N)(=O)=O)c1. The summed E-state index contributed by atoms with van der Waals surface area (Å²) in [6.07, 6.45) is 0.442. The van der Waals surface area contributed by atoms with Crippen molar-refractivity contribution in [2.45, 2.75) is 30.8 Å². The molecule has 3 N–H and O–H groups in total. The van der Waals surface area contributed by atoms with Crippen molar-refractivity contribution >= 4 is 21.6 Å². The Labute approximate surface area is 100 Å². The van der Waals surface area contributed by atoms with Crippen LogP contribution in [-0.2, 0) is 15.6 Å². The first kappa shape index (κ1) is 13.4. The zero-order chi connectivity index (χ0) is 12.6. The van der Waals surface area contributed by atoms with Crippen LogP contribution in [0.25, 0.3) is 0 Å². The fourth-order valence-electron chi connectivity index (χ4n) is 1.24. The minimum Gasteiger partial charge on any atom is -0.385 e. The zero-order valence-electron chi connectivity index (χ0n) is 9.07. The normalized spacial score (nSPS) is 15.8. The van der Waals surface area contributed by atoms with E-state index in [0.29, 0.717) is 12.0 Å². The Morgan fingerprint density at radius 3 is 2.44 bits per heavy atom. The van der Waals surface area contributed by atoms with Gasteiger partial charge in [0.25, 0.3) is 0 Å². The molecule has 1 atom stereocenters. The molecule has 1 aromatic rings. The van der Waals surface area contributed by atoms with E-state index < -0.39 is 15.6 Å². The molecule has 0 fully saturated rings. The number of halogens is 1. The smallest absolute Gasteiger partial charge is 0.238 e. The molecule has 6 heteroatoms. The predicted octanol–water partition coefficient (Wildman–Crippen LogP) is 1.60. The van der Waals surface area contributed by atoms with Crippen molar-refractivity contribution in [1.82, 2.24) is 0 Å². The highest BCUT2D eigenvalue weighted by Crippen LogP contribution is 2.28. The molecule has 4 nitrogen and oxygen atoms in total. The molecule has 0 bridgehead atoms. The third-order valence-electron chi connectivity index (χ3n) is 2.51. The van der Waals surface area contributed by atoms with Gasteiger partial charge in [-0.05, 0) is 37.1 Å². The van der Waals surface area contributed by atoms with Crippen LogP contribution in [0.5, 0.6) is 0 Å². The van der Waals surface area contributed by atoms with Crippen LogP contribution >= 0.6 is 11.6 Å². The van der Waals surface area contributed by atoms with Crippen LogP contribution in [0.15, 0.2) is 23.1 Å². The molecule has 0 aliphatic heterocycles. The fraction of sp³-hybridized carbons (Fsp3) is 0.400. The maximum atomic E-state index is 11.2. The topological polar surface area (TPSA) is 80.4 Å². The van der Waals surface area contributed by atoms with Crippen molar-refractivity contribution in [2.75, 3.05) is 0 Å². The van der Waals surface area contributed by atoms with Crippen molar-refractivity contribution in [3.05, 3.63) is 28.8 Å². The van der Waals surface area contributed by atoms with E-state index in [1.165, 1.54) is 18.2 Å². The van der Waals surface area contributed by atoms with E-state index in [9.17, 15) is 13.5 Å². The van der Waals surface area contributed by atoms with Crippen LogP contribution in [-0.4, -0.2) is 13.5 Å². The van der Waals surface area contributed by atoms with E-state index in [0.717, 1.165) is 0 Å². The second kappa shape index (κ2) is 4.33. The summed E-state index contributed by atoms with van der Waals surface area (Å²) in [6.45, 7) is 3.38. The Morgan fingerprint density at radius 1 is 1.44 bits per heavy atom. The van der Waals surface area contributed by atoms with Gasteiger partial charge < -0.3 is 5.11 Å². The number of hydrogen-bond donors (Lipinski definition) is 2. The molecule has 0 aromatic heterocycles. The van der Waals surface area contributed by atoms with Crippen LogP contribution in [0.2, 0.25) is 5.02 Å². The van der Waals surface area contributed by atoms with Gasteiger partial charge in [0.05, 0.1) is 10.5 Å². The quantitative estimate of drug-likeness (QED) is 0.869. The lowest BCUT2D eigenvalue weighted by Crippen LogP contribution is -2.21. The molecule has 0 heterocycles. The average Bonchev–Trinajstić information content (AvgIpc) is 2.15. The second-order valence-corrected chi connectivity index (χ2v) is 5.85. The van der Waals surface area contributed by atoms with Gasteiger partial charge in [0.2, 0.25) is 10.0 Å². The van der Waals surface area contributed by atoms with Gasteiger partial charge >= 0.3 is 0 Å². The number of benzene rings is 1. The summed E-state index contributed by atoms with van der Waals surface area (Å²) in [5.41, 5.74) is -0.684. The van der Waals surface area contributed by atoms with E-state index in [-0.39, 0.29) is 9.92 Å². The van der Waals surface area contributed by atoms with Gasteiger partial charge in [-0.2, -0.15) is 0 Å². The lowest BCUT2D eigenvalue weighted by Gasteiger charge is -2.22. The van der Waals surface area contributed by atoms with E-state index in [1.54, 1.807) is 13.8 Å². The Kier molecular flexibility index (Phi) is 3.64. The minimum absolute atomic E-state index is 0.0938. The molecule has 16 heavy (non-hydrogen) atoms. The van der Waals surface area contributed by atoms with E-state index in [2.05, 4.69) is 0 Å².